The van der Waals surface area contributed by atoms with Gasteiger partial charge in [-0.25, -0.2) is 4.79 Å². The lowest BCUT2D eigenvalue weighted by atomic mass is 9.90. The molecule has 3 aliphatic rings. The first-order valence-corrected chi connectivity index (χ1v) is 13.2. The van der Waals surface area contributed by atoms with Crippen LogP contribution in [0.1, 0.15) is 33.0 Å². The monoisotopic (exact) mass is 538 g/mol. The van der Waals surface area contributed by atoms with Crippen molar-refractivity contribution in [3.8, 4) is 11.5 Å². The first kappa shape index (κ1) is 25.8. The van der Waals surface area contributed by atoms with Gasteiger partial charge in [0.25, 0.3) is 0 Å². The largest absolute Gasteiger partial charge is 0.465 e. The molecule has 6 rings (SSSR count). The number of rotatable bonds is 6. The van der Waals surface area contributed by atoms with E-state index < -0.39 is 11.9 Å². The fourth-order valence-corrected chi connectivity index (χ4v) is 5.21. The molecule has 0 radical (unpaired) electrons. The predicted molar refractivity (Wildman–Crippen MR) is 151 cm³/mol. The van der Waals surface area contributed by atoms with Crippen molar-refractivity contribution in [2.45, 2.75) is 12.5 Å². The molecular formula is C31H30N4O5. The minimum Gasteiger partial charge on any atom is -0.465 e. The van der Waals surface area contributed by atoms with E-state index in [-0.39, 0.29) is 5.91 Å². The van der Waals surface area contributed by atoms with Crippen molar-refractivity contribution in [1.82, 2.24) is 9.80 Å². The quantitative estimate of drug-likeness (QED) is 0.369. The van der Waals surface area contributed by atoms with Gasteiger partial charge in [-0.05, 0) is 60.6 Å². The van der Waals surface area contributed by atoms with Crippen LogP contribution in [0, 0.1) is 0 Å². The van der Waals surface area contributed by atoms with Crippen LogP contribution in [0.15, 0.2) is 78.2 Å². The predicted octanol–water partition coefficient (Wildman–Crippen LogP) is 4.32. The Labute approximate surface area is 232 Å². The average Bonchev–Trinajstić information content (AvgIpc) is 3.31. The zero-order chi connectivity index (χ0) is 27.6. The number of hydrogen-bond donors (Lipinski definition) is 1. The molecule has 3 aromatic carbocycles. The number of likely N-dealkylation sites (N-methyl/N-ethyl adjacent to an activating group) is 1. The van der Waals surface area contributed by atoms with E-state index in [1.807, 2.05) is 24.3 Å². The molecule has 1 fully saturated rings. The number of carbonyl (C=O) groups excluding carboxylic acids is 2. The summed E-state index contributed by atoms with van der Waals surface area (Å²) in [5, 5.41) is 2.92. The van der Waals surface area contributed by atoms with E-state index in [1.165, 1.54) is 25.2 Å². The summed E-state index contributed by atoms with van der Waals surface area (Å²) in [5.41, 5.74) is 4.91. The summed E-state index contributed by atoms with van der Waals surface area (Å²) in [4.78, 5) is 35.3. The van der Waals surface area contributed by atoms with E-state index in [0.717, 1.165) is 49.5 Å². The van der Waals surface area contributed by atoms with Gasteiger partial charge in [-0.15, -0.1) is 0 Å². The van der Waals surface area contributed by atoms with Crippen LogP contribution >= 0.6 is 0 Å². The molecule has 3 heterocycles. The molecule has 0 aromatic heterocycles. The van der Waals surface area contributed by atoms with E-state index in [1.54, 1.807) is 24.3 Å². The van der Waals surface area contributed by atoms with Crippen LogP contribution in [0.2, 0.25) is 0 Å². The summed E-state index contributed by atoms with van der Waals surface area (Å²) in [6.07, 6.45) is 2.94. The van der Waals surface area contributed by atoms with E-state index in [2.05, 4.69) is 34.3 Å². The third-order valence-electron chi connectivity index (χ3n) is 7.45. The highest BCUT2D eigenvalue weighted by molar-refractivity contribution is 6.24. The Balaban J connectivity index is 1.35. The zero-order valence-corrected chi connectivity index (χ0v) is 22.4. The summed E-state index contributed by atoms with van der Waals surface area (Å²) in [7, 11) is 3.48. The third kappa shape index (κ3) is 5.21. The van der Waals surface area contributed by atoms with Crippen molar-refractivity contribution < 1.29 is 23.8 Å². The maximum Gasteiger partial charge on any atom is 0.337 e. The number of fused-ring (bicyclic) bond motifs is 2. The van der Waals surface area contributed by atoms with Gasteiger partial charge in [-0.2, -0.15) is 0 Å². The van der Waals surface area contributed by atoms with Crippen LogP contribution in [0.25, 0.3) is 0 Å². The van der Waals surface area contributed by atoms with Crippen molar-refractivity contribution in [3.63, 3.8) is 0 Å². The molecule has 0 spiro atoms. The number of anilines is 1. The number of methoxy groups -OCH3 is 1. The Bertz CT molecular complexity index is 1510. The first-order chi connectivity index (χ1) is 19.5. The molecule has 1 saturated heterocycles. The molecule has 1 N–H and O–H groups in total. The summed E-state index contributed by atoms with van der Waals surface area (Å²) in [6, 6.07) is 18.7. The van der Waals surface area contributed by atoms with E-state index in [4.69, 9.17) is 19.2 Å². The zero-order valence-electron chi connectivity index (χ0n) is 22.4. The van der Waals surface area contributed by atoms with Gasteiger partial charge in [0.2, 0.25) is 5.91 Å². The van der Waals surface area contributed by atoms with E-state index in [0.29, 0.717) is 28.5 Å². The number of carbonyl (C=O) groups is 2. The molecule has 9 heteroatoms. The normalized spacial score (nSPS) is 18.8. The van der Waals surface area contributed by atoms with Gasteiger partial charge in [0.05, 0.1) is 24.1 Å². The standard InChI is InChI=1S/C31H30N4O5/c1-34-11-13-35(14-12-34)19-20-3-7-23(8-4-20)32-29(21-6-10-26-27(18-21)40-16-15-39-26)28-24-9-5-22(31(37)38-2)17-25(24)33-30(28)36/h3-10,15-18,28H,11-14,19H2,1-2H3,(H,33,36). The lowest BCUT2D eigenvalue weighted by Gasteiger charge is -2.32. The van der Waals surface area contributed by atoms with E-state index >= 15 is 0 Å². The molecule has 3 aromatic rings. The number of hydrogen-bond acceptors (Lipinski definition) is 8. The van der Waals surface area contributed by atoms with Gasteiger partial charge in [0.15, 0.2) is 11.5 Å². The number of nitrogens with zero attached hydrogens (tertiary/aromatic N) is 3. The summed E-state index contributed by atoms with van der Waals surface area (Å²) >= 11 is 0. The van der Waals surface area contributed by atoms with Crippen LogP contribution < -0.4 is 14.8 Å². The number of piperazine rings is 1. The van der Waals surface area contributed by atoms with Crippen molar-refractivity contribution >= 4 is 29.0 Å². The second-order valence-electron chi connectivity index (χ2n) is 10.1. The van der Waals surface area contributed by atoms with Crippen LogP contribution in [-0.4, -0.2) is 67.7 Å². The molecule has 40 heavy (non-hydrogen) atoms. The highest BCUT2D eigenvalue weighted by atomic mass is 16.5. The van der Waals surface area contributed by atoms with Crippen molar-refractivity contribution in [1.29, 1.82) is 0 Å². The second-order valence-corrected chi connectivity index (χ2v) is 10.1. The van der Waals surface area contributed by atoms with Gasteiger partial charge >= 0.3 is 5.97 Å². The fourth-order valence-electron chi connectivity index (χ4n) is 5.21. The van der Waals surface area contributed by atoms with Gasteiger partial charge < -0.3 is 24.4 Å². The molecule has 3 aliphatic heterocycles. The minimum absolute atomic E-state index is 0.225. The number of benzene rings is 3. The van der Waals surface area contributed by atoms with Crippen LogP contribution in [0.4, 0.5) is 11.4 Å². The molecule has 0 aliphatic carbocycles. The summed E-state index contributed by atoms with van der Waals surface area (Å²) in [5.74, 6) is -0.263. The maximum absolute atomic E-state index is 13.4. The Kier molecular flexibility index (Phi) is 7.06. The van der Waals surface area contributed by atoms with Crippen LogP contribution in [0.5, 0.6) is 11.5 Å². The third-order valence-corrected chi connectivity index (χ3v) is 7.45. The Morgan fingerprint density at radius 1 is 0.950 bits per heavy atom. The first-order valence-electron chi connectivity index (χ1n) is 13.2. The van der Waals surface area contributed by atoms with E-state index in [9.17, 15) is 9.59 Å². The second kappa shape index (κ2) is 11.0. The number of esters is 1. The Hall–Kier alpha value is -4.47. The van der Waals surface area contributed by atoms with Gasteiger partial charge in [0, 0.05) is 44.0 Å². The molecular weight excluding hydrogens is 508 g/mol. The summed E-state index contributed by atoms with van der Waals surface area (Å²) in [6.45, 7) is 5.13. The maximum atomic E-state index is 13.4. The van der Waals surface area contributed by atoms with Crippen LogP contribution in [0.3, 0.4) is 0 Å². The number of nitrogens with one attached hydrogen (secondary N) is 1. The molecule has 0 bridgehead atoms. The van der Waals surface area contributed by atoms with Crippen molar-refractivity contribution in [2.75, 3.05) is 45.7 Å². The fraction of sp³-hybridized carbons (Fsp3) is 0.258. The lowest BCUT2D eigenvalue weighted by Crippen LogP contribution is -2.43. The van der Waals surface area contributed by atoms with Crippen LogP contribution in [-0.2, 0) is 16.1 Å². The SMILES string of the molecule is COC(=O)c1ccc2c(c1)NC(=O)C2C(=Nc1ccc(CN2CCN(C)CC2)cc1)c1ccc2c(c1)OC=CO2. The topological polar surface area (TPSA) is 92.7 Å². The van der Waals surface area contributed by atoms with Gasteiger partial charge in [0.1, 0.15) is 18.4 Å². The molecule has 1 amide bonds. The van der Waals surface area contributed by atoms with Gasteiger partial charge in [-0.3, -0.25) is 14.7 Å². The summed E-state index contributed by atoms with van der Waals surface area (Å²) < 4.78 is 16.0. The molecule has 0 saturated carbocycles. The highest BCUT2D eigenvalue weighted by Crippen LogP contribution is 2.39. The Morgan fingerprint density at radius 3 is 2.42 bits per heavy atom. The molecule has 1 atom stereocenters. The number of amides is 1. The number of aliphatic imine (C=N–C) groups is 1. The molecule has 9 nitrogen and oxygen atoms in total. The number of ether oxygens (including phenoxy) is 3. The smallest absolute Gasteiger partial charge is 0.337 e. The Morgan fingerprint density at radius 2 is 1.68 bits per heavy atom. The molecule has 204 valence electrons. The lowest BCUT2D eigenvalue weighted by molar-refractivity contribution is -0.115. The highest BCUT2D eigenvalue weighted by Gasteiger charge is 2.36. The van der Waals surface area contributed by atoms with Gasteiger partial charge in [-0.1, -0.05) is 18.2 Å². The minimum atomic E-state index is -0.690. The average molecular weight is 539 g/mol. The molecule has 1 unspecified atom stereocenters. The van der Waals surface area contributed by atoms with Crippen molar-refractivity contribution in [3.05, 3.63) is 95.4 Å². The van der Waals surface area contributed by atoms with Crippen molar-refractivity contribution in [2.24, 2.45) is 4.99 Å².